The molecular weight excluding hydrogens is 329 g/mol. The molecule has 5 heteroatoms. The van der Waals surface area contributed by atoms with Crippen LogP contribution in [0, 0.1) is 5.82 Å². The van der Waals surface area contributed by atoms with Crippen LogP contribution in [0.15, 0.2) is 48.5 Å². The average molecular weight is 352 g/mol. The van der Waals surface area contributed by atoms with Crippen molar-refractivity contribution in [3.05, 3.63) is 64.9 Å². The SMILES string of the molecule is CC(C)N(Cc1ccccc1F)CC(O)COc1ccc(Cl)cc1. The van der Waals surface area contributed by atoms with Crippen LogP contribution < -0.4 is 4.74 Å². The smallest absolute Gasteiger partial charge is 0.127 e. The van der Waals surface area contributed by atoms with Crippen LogP contribution >= 0.6 is 11.6 Å². The van der Waals surface area contributed by atoms with Crippen LogP contribution in [0.25, 0.3) is 0 Å². The number of hydrogen-bond donors (Lipinski definition) is 1. The number of rotatable bonds is 8. The Hall–Kier alpha value is -1.62. The first-order chi connectivity index (χ1) is 11.5. The van der Waals surface area contributed by atoms with E-state index in [4.69, 9.17) is 16.3 Å². The molecule has 0 aromatic heterocycles. The fourth-order valence-electron chi connectivity index (χ4n) is 2.35. The molecule has 0 aliphatic heterocycles. The van der Waals surface area contributed by atoms with Crippen LogP contribution in [0.2, 0.25) is 5.02 Å². The average Bonchev–Trinajstić information content (AvgIpc) is 2.55. The van der Waals surface area contributed by atoms with E-state index < -0.39 is 6.10 Å². The van der Waals surface area contributed by atoms with E-state index >= 15 is 0 Å². The van der Waals surface area contributed by atoms with Gasteiger partial charge < -0.3 is 9.84 Å². The normalized spacial score (nSPS) is 12.6. The second-order valence-corrected chi connectivity index (χ2v) is 6.47. The number of halogens is 2. The van der Waals surface area contributed by atoms with Crippen LogP contribution in [0.3, 0.4) is 0 Å². The van der Waals surface area contributed by atoms with Crippen molar-refractivity contribution < 1.29 is 14.2 Å². The zero-order chi connectivity index (χ0) is 17.5. The third kappa shape index (κ3) is 5.78. The monoisotopic (exact) mass is 351 g/mol. The maximum Gasteiger partial charge on any atom is 0.127 e. The Labute approximate surface area is 147 Å². The van der Waals surface area contributed by atoms with Crippen molar-refractivity contribution in [1.82, 2.24) is 4.90 Å². The molecule has 3 nitrogen and oxygen atoms in total. The summed E-state index contributed by atoms with van der Waals surface area (Å²) in [7, 11) is 0. The molecule has 0 spiro atoms. The van der Waals surface area contributed by atoms with Crippen LogP contribution in [0.5, 0.6) is 5.75 Å². The van der Waals surface area contributed by atoms with Gasteiger partial charge in [0.2, 0.25) is 0 Å². The zero-order valence-electron chi connectivity index (χ0n) is 14.0. The molecule has 0 saturated carbocycles. The highest BCUT2D eigenvalue weighted by atomic mass is 35.5. The summed E-state index contributed by atoms with van der Waals surface area (Å²) in [5.74, 6) is 0.429. The molecule has 0 heterocycles. The maximum atomic E-state index is 13.8. The molecular formula is C19H23ClFNO2. The number of aliphatic hydroxyl groups is 1. The van der Waals surface area contributed by atoms with Gasteiger partial charge in [-0.05, 0) is 44.2 Å². The highest BCUT2D eigenvalue weighted by molar-refractivity contribution is 6.30. The molecule has 0 fully saturated rings. The minimum Gasteiger partial charge on any atom is -0.491 e. The lowest BCUT2D eigenvalue weighted by atomic mass is 10.1. The van der Waals surface area contributed by atoms with Crippen molar-refractivity contribution in [2.75, 3.05) is 13.2 Å². The quantitative estimate of drug-likeness (QED) is 0.776. The minimum atomic E-state index is -0.671. The zero-order valence-corrected chi connectivity index (χ0v) is 14.7. The fraction of sp³-hybridized carbons (Fsp3) is 0.368. The second kappa shape index (κ2) is 9.02. The molecule has 0 aliphatic carbocycles. The van der Waals surface area contributed by atoms with Gasteiger partial charge >= 0.3 is 0 Å². The van der Waals surface area contributed by atoms with E-state index in [1.807, 2.05) is 24.8 Å². The van der Waals surface area contributed by atoms with Gasteiger partial charge in [-0.2, -0.15) is 0 Å². The summed E-state index contributed by atoms with van der Waals surface area (Å²) in [5.41, 5.74) is 0.622. The summed E-state index contributed by atoms with van der Waals surface area (Å²) in [6.45, 7) is 5.06. The third-order valence-electron chi connectivity index (χ3n) is 3.76. The van der Waals surface area contributed by atoms with Gasteiger partial charge in [0.15, 0.2) is 0 Å². The van der Waals surface area contributed by atoms with E-state index in [0.29, 0.717) is 29.4 Å². The van der Waals surface area contributed by atoms with Gasteiger partial charge in [-0.15, -0.1) is 0 Å². The fourth-order valence-corrected chi connectivity index (χ4v) is 2.48. The second-order valence-electron chi connectivity index (χ2n) is 6.03. The standard InChI is InChI=1S/C19H23ClFNO2/c1-14(2)22(11-15-5-3-4-6-19(15)21)12-17(23)13-24-18-9-7-16(20)8-10-18/h3-10,14,17,23H,11-13H2,1-2H3. The largest absolute Gasteiger partial charge is 0.491 e. The molecule has 1 atom stereocenters. The summed E-state index contributed by atoms with van der Waals surface area (Å²) >= 11 is 5.83. The number of aliphatic hydroxyl groups excluding tert-OH is 1. The Kier molecular flexibility index (Phi) is 7.03. The summed E-state index contributed by atoms with van der Waals surface area (Å²) in [5, 5.41) is 10.9. The molecule has 24 heavy (non-hydrogen) atoms. The van der Waals surface area contributed by atoms with E-state index in [2.05, 4.69) is 0 Å². The lowest BCUT2D eigenvalue weighted by Gasteiger charge is -2.29. The van der Waals surface area contributed by atoms with Crippen molar-refractivity contribution in [3.63, 3.8) is 0 Å². The Balaban J connectivity index is 1.89. The predicted octanol–water partition coefficient (Wildman–Crippen LogP) is 4.13. The van der Waals surface area contributed by atoms with Crippen molar-refractivity contribution in [2.24, 2.45) is 0 Å². The molecule has 0 bridgehead atoms. The van der Waals surface area contributed by atoms with Gasteiger partial charge in [-0.3, -0.25) is 4.90 Å². The van der Waals surface area contributed by atoms with E-state index in [1.165, 1.54) is 6.07 Å². The Morgan fingerprint density at radius 1 is 1.12 bits per heavy atom. The van der Waals surface area contributed by atoms with Crippen molar-refractivity contribution in [2.45, 2.75) is 32.5 Å². The molecule has 1 unspecified atom stereocenters. The first kappa shape index (κ1) is 18.7. The number of ether oxygens (including phenoxy) is 1. The Morgan fingerprint density at radius 3 is 2.42 bits per heavy atom. The summed E-state index contributed by atoms with van der Waals surface area (Å²) < 4.78 is 19.4. The highest BCUT2D eigenvalue weighted by Gasteiger charge is 2.17. The molecule has 0 saturated heterocycles. The predicted molar refractivity (Wildman–Crippen MR) is 94.9 cm³/mol. The van der Waals surface area contributed by atoms with E-state index in [1.54, 1.807) is 36.4 Å². The van der Waals surface area contributed by atoms with Crippen LogP contribution in [0.1, 0.15) is 19.4 Å². The van der Waals surface area contributed by atoms with Crippen LogP contribution in [-0.4, -0.2) is 35.3 Å². The molecule has 2 aromatic carbocycles. The van der Waals surface area contributed by atoms with Gasteiger partial charge in [0.05, 0.1) is 0 Å². The maximum absolute atomic E-state index is 13.8. The third-order valence-corrected chi connectivity index (χ3v) is 4.01. The molecule has 2 aromatic rings. The summed E-state index contributed by atoms with van der Waals surface area (Å²) in [4.78, 5) is 2.02. The molecule has 130 valence electrons. The Bertz CT molecular complexity index is 634. The summed E-state index contributed by atoms with van der Waals surface area (Å²) in [6.07, 6.45) is -0.671. The van der Waals surface area contributed by atoms with E-state index in [-0.39, 0.29) is 18.5 Å². The van der Waals surface area contributed by atoms with Crippen molar-refractivity contribution in [1.29, 1.82) is 0 Å². The first-order valence-corrected chi connectivity index (χ1v) is 8.37. The number of benzene rings is 2. The molecule has 0 amide bonds. The molecule has 2 rings (SSSR count). The van der Waals surface area contributed by atoms with Gasteiger partial charge in [0, 0.05) is 29.7 Å². The van der Waals surface area contributed by atoms with Gasteiger partial charge in [0.25, 0.3) is 0 Å². The number of hydrogen-bond acceptors (Lipinski definition) is 3. The van der Waals surface area contributed by atoms with E-state index in [0.717, 1.165) is 0 Å². The van der Waals surface area contributed by atoms with Gasteiger partial charge in [0.1, 0.15) is 24.3 Å². The minimum absolute atomic E-state index is 0.169. The van der Waals surface area contributed by atoms with Gasteiger partial charge in [-0.25, -0.2) is 4.39 Å². The molecule has 1 N–H and O–H groups in total. The number of nitrogens with zero attached hydrogens (tertiary/aromatic N) is 1. The van der Waals surface area contributed by atoms with Crippen LogP contribution in [0.4, 0.5) is 4.39 Å². The van der Waals surface area contributed by atoms with E-state index in [9.17, 15) is 9.50 Å². The highest BCUT2D eigenvalue weighted by Crippen LogP contribution is 2.16. The summed E-state index contributed by atoms with van der Waals surface area (Å²) in [6, 6.07) is 13.9. The molecule has 0 radical (unpaired) electrons. The Morgan fingerprint density at radius 2 is 1.79 bits per heavy atom. The van der Waals surface area contributed by atoms with Crippen molar-refractivity contribution >= 4 is 11.6 Å². The lowest BCUT2D eigenvalue weighted by Crippen LogP contribution is -2.39. The van der Waals surface area contributed by atoms with Crippen molar-refractivity contribution in [3.8, 4) is 5.75 Å². The van der Waals surface area contributed by atoms with Gasteiger partial charge in [-0.1, -0.05) is 29.8 Å². The lowest BCUT2D eigenvalue weighted by molar-refractivity contribution is 0.0539. The van der Waals surface area contributed by atoms with Crippen LogP contribution in [-0.2, 0) is 6.54 Å². The molecule has 0 aliphatic rings. The topological polar surface area (TPSA) is 32.7 Å². The first-order valence-electron chi connectivity index (χ1n) is 7.99.